The van der Waals surface area contributed by atoms with Crippen LogP contribution in [0.4, 0.5) is 0 Å². The van der Waals surface area contributed by atoms with E-state index in [4.69, 9.17) is 4.74 Å². The molecule has 1 N–H and O–H groups in total. The molecule has 1 aliphatic rings. The molecule has 0 saturated carbocycles. The van der Waals surface area contributed by atoms with Gasteiger partial charge in [0.25, 0.3) is 0 Å². The normalized spacial score (nSPS) is 23.5. The summed E-state index contributed by atoms with van der Waals surface area (Å²) in [6, 6.07) is 0.545. The summed E-state index contributed by atoms with van der Waals surface area (Å²) < 4.78 is 5.40. The van der Waals surface area contributed by atoms with E-state index in [-0.39, 0.29) is 0 Å². The maximum atomic E-state index is 5.40. The van der Waals surface area contributed by atoms with E-state index in [1.807, 2.05) is 7.11 Å². The molecule has 0 aliphatic carbocycles. The Balaban J connectivity index is 2.39. The second-order valence-electron chi connectivity index (χ2n) is 6.07. The maximum absolute atomic E-state index is 5.40. The Morgan fingerprint density at radius 2 is 2.11 bits per heavy atom. The molecule has 1 saturated heterocycles. The first-order valence-corrected chi connectivity index (χ1v) is 7.61. The lowest BCUT2D eigenvalue weighted by atomic mass is 9.94. The third-order valence-corrected chi connectivity index (χ3v) is 3.94. The van der Waals surface area contributed by atoms with Gasteiger partial charge in [0.05, 0.1) is 6.61 Å². The highest BCUT2D eigenvalue weighted by Gasteiger charge is 2.24. The number of hydrogen-bond donors (Lipinski definition) is 1. The Labute approximate surface area is 113 Å². The van der Waals surface area contributed by atoms with Crippen LogP contribution in [-0.4, -0.2) is 50.8 Å². The zero-order chi connectivity index (χ0) is 13.4. The van der Waals surface area contributed by atoms with Crippen LogP contribution in [0.2, 0.25) is 0 Å². The van der Waals surface area contributed by atoms with E-state index >= 15 is 0 Å². The number of piperidine rings is 1. The minimum absolute atomic E-state index is 0.545. The smallest absolute Gasteiger partial charge is 0.0630 e. The SMILES string of the molecule is CCC1CCCN(C(CNCC(C)C)COC)C1. The lowest BCUT2D eigenvalue weighted by molar-refractivity contribution is 0.0581. The third kappa shape index (κ3) is 5.68. The minimum atomic E-state index is 0.545. The van der Waals surface area contributed by atoms with Crippen LogP contribution in [0.15, 0.2) is 0 Å². The predicted octanol–water partition coefficient (Wildman–Crippen LogP) is 2.37. The number of rotatable bonds is 8. The first-order chi connectivity index (χ1) is 8.67. The molecular weight excluding hydrogens is 224 g/mol. The quantitative estimate of drug-likeness (QED) is 0.721. The summed E-state index contributed by atoms with van der Waals surface area (Å²) in [6.45, 7) is 12.3. The molecule has 1 fully saturated rings. The van der Waals surface area contributed by atoms with Crippen molar-refractivity contribution in [3.8, 4) is 0 Å². The topological polar surface area (TPSA) is 24.5 Å². The van der Waals surface area contributed by atoms with Crippen LogP contribution in [0.1, 0.15) is 40.0 Å². The molecule has 0 radical (unpaired) electrons. The minimum Gasteiger partial charge on any atom is -0.383 e. The monoisotopic (exact) mass is 256 g/mol. The van der Waals surface area contributed by atoms with Crippen LogP contribution in [0.5, 0.6) is 0 Å². The van der Waals surface area contributed by atoms with Crippen molar-refractivity contribution in [2.45, 2.75) is 46.1 Å². The maximum Gasteiger partial charge on any atom is 0.0630 e. The fourth-order valence-corrected chi connectivity index (χ4v) is 2.79. The van der Waals surface area contributed by atoms with Gasteiger partial charge in [-0.3, -0.25) is 4.90 Å². The fraction of sp³-hybridized carbons (Fsp3) is 1.00. The summed E-state index contributed by atoms with van der Waals surface area (Å²) in [6.07, 6.45) is 4.07. The van der Waals surface area contributed by atoms with E-state index in [0.717, 1.165) is 31.5 Å². The molecule has 18 heavy (non-hydrogen) atoms. The second-order valence-corrected chi connectivity index (χ2v) is 6.07. The highest BCUT2D eigenvalue weighted by Crippen LogP contribution is 2.20. The van der Waals surface area contributed by atoms with Crippen LogP contribution >= 0.6 is 0 Å². The molecular formula is C15H32N2O. The van der Waals surface area contributed by atoms with Gasteiger partial charge in [-0.2, -0.15) is 0 Å². The number of nitrogens with one attached hydrogen (secondary N) is 1. The lowest BCUT2D eigenvalue weighted by Crippen LogP contribution is -2.49. The van der Waals surface area contributed by atoms with Crippen molar-refractivity contribution in [3.63, 3.8) is 0 Å². The van der Waals surface area contributed by atoms with Gasteiger partial charge in [-0.25, -0.2) is 0 Å². The van der Waals surface area contributed by atoms with Crippen molar-refractivity contribution in [1.82, 2.24) is 10.2 Å². The number of ether oxygens (including phenoxy) is 1. The van der Waals surface area contributed by atoms with Crippen molar-refractivity contribution in [2.24, 2.45) is 11.8 Å². The van der Waals surface area contributed by atoms with Crippen molar-refractivity contribution >= 4 is 0 Å². The molecule has 2 atom stereocenters. The molecule has 1 rings (SSSR count). The zero-order valence-corrected chi connectivity index (χ0v) is 12.7. The summed E-state index contributed by atoms with van der Waals surface area (Å²) in [4.78, 5) is 2.63. The predicted molar refractivity (Wildman–Crippen MR) is 78.0 cm³/mol. The number of methoxy groups -OCH3 is 1. The number of nitrogens with zero attached hydrogens (tertiary/aromatic N) is 1. The molecule has 0 aromatic rings. The largest absolute Gasteiger partial charge is 0.383 e. The van der Waals surface area contributed by atoms with Gasteiger partial charge >= 0.3 is 0 Å². The van der Waals surface area contributed by atoms with E-state index in [0.29, 0.717) is 6.04 Å². The second kappa shape index (κ2) is 8.89. The van der Waals surface area contributed by atoms with Crippen LogP contribution in [0, 0.1) is 11.8 Å². The Morgan fingerprint density at radius 1 is 1.33 bits per heavy atom. The van der Waals surface area contributed by atoms with Crippen LogP contribution in [0.3, 0.4) is 0 Å². The van der Waals surface area contributed by atoms with Gasteiger partial charge in [-0.15, -0.1) is 0 Å². The zero-order valence-electron chi connectivity index (χ0n) is 12.7. The van der Waals surface area contributed by atoms with E-state index in [1.165, 1.54) is 32.4 Å². The molecule has 3 heteroatoms. The summed E-state index contributed by atoms with van der Waals surface area (Å²) in [5.74, 6) is 1.61. The first-order valence-electron chi connectivity index (χ1n) is 7.61. The highest BCUT2D eigenvalue weighted by atomic mass is 16.5. The van der Waals surface area contributed by atoms with Crippen LogP contribution < -0.4 is 5.32 Å². The van der Waals surface area contributed by atoms with Crippen molar-refractivity contribution in [1.29, 1.82) is 0 Å². The van der Waals surface area contributed by atoms with E-state index < -0.39 is 0 Å². The van der Waals surface area contributed by atoms with Gasteiger partial charge in [0.15, 0.2) is 0 Å². The Hall–Kier alpha value is -0.120. The van der Waals surface area contributed by atoms with E-state index in [2.05, 4.69) is 31.0 Å². The van der Waals surface area contributed by atoms with E-state index in [1.54, 1.807) is 0 Å². The summed E-state index contributed by atoms with van der Waals surface area (Å²) in [5, 5.41) is 3.58. The molecule has 1 aliphatic heterocycles. The Kier molecular flexibility index (Phi) is 7.87. The summed E-state index contributed by atoms with van der Waals surface area (Å²) in [5.41, 5.74) is 0. The molecule has 0 spiro atoms. The van der Waals surface area contributed by atoms with Gasteiger partial charge in [-0.05, 0) is 37.8 Å². The molecule has 1 heterocycles. The standard InChI is InChI=1S/C15H32N2O/c1-5-14-7-6-8-17(11-14)15(12-18-4)10-16-9-13(2)3/h13-16H,5-12H2,1-4H3. The van der Waals surface area contributed by atoms with Crippen LogP contribution in [-0.2, 0) is 4.74 Å². The molecule has 0 aromatic heterocycles. The average molecular weight is 256 g/mol. The van der Waals surface area contributed by atoms with Crippen molar-refractivity contribution < 1.29 is 4.74 Å². The Bertz CT molecular complexity index is 209. The molecule has 0 bridgehead atoms. The number of hydrogen-bond acceptors (Lipinski definition) is 3. The lowest BCUT2D eigenvalue weighted by Gasteiger charge is -2.38. The molecule has 0 aromatic carbocycles. The van der Waals surface area contributed by atoms with Gasteiger partial charge in [-0.1, -0.05) is 27.2 Å². The van der Waals surface area contributed by atoms with Crippen LogP contribution in [0.25, 0.3) is 0 Å². The first kappa shape index (κ1) is 15.9. The summed E-state index contributed by atoms with van der Waals surface area (Å²) >= 11 is 0. The molecule has 3 nitrogen and oxygen atoms in total. The average Bonchev–Trinajstić information content (AvgIpc) is 2.37. The third-order valence-electron chi connectivity index (χ3n) is 3.94. The summed E-state index contributed by atoms with van der Waals surface area (Å²) in [7, 11) is 1.82. The van der Waals surface area contributed by atoms with Crippen molar-refractivity contribution in [3.05, 3.63) is 0 Å². The van der Waals surface area contributed by atoms with Crippen molar-refractivity contribution in [2.75, 3.05) is 39.9 Å². The molecule has 108 valence electrons. The van der Waals surface area contributed by atoms with Gasteiger partial charge in [0.1, 0.15) is 0 Å². The van der Waals surface area contributed by atoms with E-state index in [9.17, 15) is 0 Å². The highest BCUT2D eigenvalue weighted by molar-refractivity contribution is 4.80. The van der Waals surface area contributed by atoms with Gasteiger partial charge in [0, 0.05) is 26.2 Å². The number of likely N-dealkylation sites (tertiary alicyclic amines) is 1. The van der Waals surface area contributed by atoms with Gasteiger partial charge in [0.2, 0.25) is 0 Å². The molecule has 0 amide bonds. The molecule has 2 unspecified atom stereocenters. The van der Waals surface area contributed by atoms with Gasteiger partial charge < -0.3 is 10.1 Å². The fourth-order valence-electron chi connectivity index (χ4n) is 2.79. The Morgan fingerprint density at radius 3 is 2.72 bits per heavy atom.